The maximum Gasteiger partial charge on any atom is 0.337 e. The molecule has 0 aliphatic rings. The number of benzene rings is 2. The van der Waals surface area contributed by atoms with Gasteiger partial charge in [-0.1, -0.05) is 30.4 Å². The van der Waals surface area contributed by atoms with E-state index in [1.165, 1.54) is 26.4 Å². The van der Waals surface area contributed by atoms with Crippen molar-refractivity contribution in [3.63, 3.8) is 0 Å². The number of rotatable bonds is 7. The summed E-state index contributed by atoms with van der Waals surface area (Å²) >= 11 is 1.15. The van der Waals surface area contributed by atoms with Crippen molar-refractivity contribution in [2.75, 3.05) is 20.0 Å². The van der Waals surface area contributed by atoms with E-state index >= 15 is 0 Å². The van der Waals surface area contributed by atoms with E-state index in [1.807, 2.05) is 0 Å². The number of amides is 1. The van der Waals surface area contributed by atoms with Crippen LogP contribution in [0.3, 0.4) is 0 Å². The number of ether oxygens (including phenoxy) is 2. The second-order valence-corrected chi connectivity index (χ2v) is 10.2. The van der Waals surface area contributed by atoms with Crippen LogP contribution in [-0.2, 0) is 41.9 Å². The fourth-order valence-electron chi connectivity index (χ4n) is 3.05. The minimum absolute atomic E-state index is 0.00949. The molecule has 0 aliphatic heterocycles. The highest BCUT2D eigenvalue weighted by Crippen LogP contribution is 2.20. The Morgan fingerprint density at radius 1 is 1.03 bits per heavy atom. The van der Waals surface area contributed by atoms with Gasteiger partial charge in [0.2, 0.25) is 0 Å². The number of carbonyl (C=O) groups excluding carboxylic acids is 3. The largest absolute Gasteiger partial charge is 0.468 e. The third-order valence-corrected chi connectivity index (χ3v) is 7.65. The Morgan fingerprint density at radius 3 is 2.33 bits per heavy atom. The second kappa shape index (κ2) is 10.1. The van der Waals surface area contributed by atoms with Gasteiger partial charge in [-0.15, -0.1) is 0 Å². The highest BCUT2D eigenvalue weighted by Gasteiger charge is 2.15. The van der Waals surface area contributed by atoms with E-state index < -0.39 is 27.7 Å². The number of hydrogen-bond acceptors (Lipinski definition) is 8. The molecular weight excluding hydrogens is 468 g/mol. The second-order valence-electron chi connectivity index (χ2n) is 6.95. The van der Waals surface area contributed by atoms with E-state index in [0.29, 0.717) is 21.3 Å². The first-order valence-corrected chi connectivity index (χ1v) is 12.3. The van der Waals surface area contributed by atoms with Crippen LogP contribution in [0, 0.1) is 0 Å². The minimum atomic E-state index is -3.32. The van der Waals surface area contributed by atoms with Crippen LogP contribution >= 0.6 is 11.3 Å². The van der Waals surface area contributed by atoms with E-state index in [1.54, 1.807) is 41.8 Å². The molecule has 1 amide bonds. The molecule has 9 nitrogen and oxygen atoms in total. The summed E-state index contributed by atoms with van der Waals surface area (Å²) in [6, 6.07) is 10.9. The summed E-state index contributed by atoms with van der Waals surface area (Å²) in [7, 11) is -0.784. The molecule has 0 fully saturated rings. The normalized spacial score (nSPS) is 12.0. The molecule has 2 aromatic carbocycles. The zero-order valence-electron chi connectivity index (χ0n) is 18.2. The molecule has 1 aromatic heterocycles. The number of esters is 2. The summed E-state index contributed by atoms with van der Waals surface area (Å²) in [4.78, 5) is 41.0. The monoisotopic (exact) mass is 490 g/mol. The van der Waals surface area contributed by atoms with Crippen LogP contribution in [-0.4, -0.2) is 50.8 Å². The minimum Gasteiger partial charge on any atom is -0.468 e. The molecule has 0 aliphatic carbocycles. The Balaban J connectivity index is 1.97. The molecule has 0 spiro atoms. The van der Waals surface area contributed by atoms with Gasteiger partial charge in [0.25, 0.3) is 5.91 Å². The van der Waals surface area contributed by atoms with Crippen molar-refractivity contribution >= 4 is 49.2 Å². The van der Waals surface area contributed by atoms with Crippen LogP contribution in [0.2, 0.25) is 0 Å². The van der Waals surface area contributed by atoms with Gasteiger partial charge in [-0.2, -0.15) is 4.99 Å². The molecule has 0 N–H and O–H groups in total. The molecule has 0 atom stereocenters. The topological polar surface area (TPSA) is 121 Å². The molecule has 0 saturated carbocycles. The molecule has 33 heavy (non-hydrogen) atoms. The maximum atomic E-state index is 12.6. The standard InChI is InChI=1S/C22H22N2O7S2/c1-4-33(28,29)16-8-5-14(6-9-16)11-19(25)23-22-24(13-20(26)30-2)17-10-7-15(21(27)31-3)12-18(17)32-22/h5-10,12H,4,11,13H2,1-3H3. The Hall–Kier alpha value is -3.31. The van der Waals surface area contributed by atoms with Gasteiger partial charge in [-0.05, 0) is 35.9 Å². The lowest BCUT2D eigenvalue weighted by Gasteiger charge is -2.05. The van der Waals surface area contributed by atoms with Crippen LogP contribution in [0.25, 0.3) is 10.2 Å². The van der Waals surface area contributed by atoms with Gasteiger partial charge in [0.15, 0.2) is 14.6 Å². The number of sulfone groups is 1. The van der Waals surface area contributed by atoms with E-state index in [4.69, 9.17) is 9.47 Å². The van der Waals surface area contributed by atoms with Crippen LogP contribution in [0.4, 0.5) is 0 Å². The smallest absolute Gasteiger partial charge is 0.337 e. The molecular formula is C22H22N2O7S2. The van der Waals surface area contributed by atoms with Gasteiger partial charge >= 0.3 is 11.9 Å². The van der Waals surface area contributed by atoms with E-state index in [2.05, 4.69) is 4.99 Å². The Morgan fingerprint density at radius 2 is 1.73 bits per heavy atom. The average molecular weight is 491 g/mol. The van der Waals surface area contributed by atoms with Crippen molar-refractivity contribution in [2.24, 2.45) is 4.99 Å². The molecule has 3 rings (SSSR count). The number of aromatic nitrogens is 1. The molecule has 0 bridgehead atoms. The van der Waals surface area contributed by atoms with Gasteiger partial charge in [-0.3, -0.25) is 9.59 Å². The zero-order valence-corrected chi connectivity index (χ0v) is 19.9. The van der Waals surface area contributed by atoms with Crippen molar-refractivity contribution in [1.82, 2.24) is 4.57 Å². The highest BCUT2D eigenvalue weighted by molar-refractivity contribution is 7.91. The summed E-state index contributed by atoms with van der Waals surface area (Å²) in [6.07, 6.45) is -0.0493. The van der Waals surface area contributed by atoms with Crippen LogP contribution < -0.4 is 4.80 Å². The SMILES string of the molecule is CCS(=O)(=O)c1ccc(CC(=O)N=c2sc3cc(C(=O)OC)ccc3n2CC(=O)OC)cc1. The highest BCUT2D eigenvalue weighted by atomic mass is 32.2. The van der Waals surface area contributed by atoms with Gasteiger partial charge in [0.1, 0.15) is 6.54 Å². The maximum absolute atomic E-state index is 12.6. The summed E-state index contributed by atoms with van der Waals surface area (Å²) < 4.78 is 35.6. The van der Waals surface area contributed by atoms with E-state index in [0.717, 1.165) is 11.3 Å². The van der Waals surface area contributed by atoms with Crippen molar-refractivity contribution in [2.45, 2.75) is 24.8 Å². The number of carbonyl (C=O) groups is 3. The molecule has 1 heterocycles. The first-order chi connectivity index (χ1) is 15.7. The number of thiazole rings is 1. The number of methoxy groups -OCH3 is 2. The van der Waals surface area contributed by atoms with Gasteiger partial charge in [-0.25, -0.2) is 13.2 Å². The third kappa shape index (κ3) is 5.55. The first-order valence-electron chi connectivity index (χ1n) is 9.86. The number of nitrogens with zero attached hydrogens (tertiary/aromatic N) is 2. The first kappa shape index (κ1) is 24.3. The third-order valence-electron chi connectivity index (χ3n) is 4.86. The Kier molecular flexibility index (Phi) is 7.44. The lowest BCUT2D eigenvalue weighted by molar-refractivity contribution is -0.141. The molecule has 0 radical (unpaired) electrons. The Labute approximate surface area is 194 Å². The molecule has 3 aromatic rings. The average Bonchev–Trinajstić information content (AvgIpc) is 3.14. The van der Waals surface area contributed by atoms with Crippen molar-refractivity contribution in [3.8, 4) is 0 Å². The predicted octanol–water partition coefficient (Wildman–Crippen LogP) is 2.13. The van der Waals surface area contributed by atoms with Gasteiger partial charge in [0, 0.05) is 0 Å². The van der Waals surface area contributed by atoms with E-state index in [-0.39, 0.29) is 28.4 Å². The molecule has 11 heteroatoms. The molecule has 0 saturated heterocycles. The van der Waals surface area contributed by atoms with Crippen molar-refractivity contribution in [1.29, 1.82) is 0 Å². The van der Waals surface area contributed by atoms with Gasteiger partial charge < -0.3 is 14.0 Å². The lowest BCUT2D eigenvalue weighted by atomic mass is 10.1. The van der Waals surface area contributed by atoms with Crippen molar-refractivity contribution in [3.05, 3.63) is 58.4 Å². The number of hydrogen-bond donors (Lipinski definition) is 0. The van der Waals surface area contributed by atoms with Gasteiger partial charge in [0.05, 0.1) is 47.1 Å². The van der Waals surface area contributed by atoms with Crippen LogP contribution in [0.5, 0.6) is 0 Å². The number of fused-ring (bicyclic) bond motifs is 1. The van der Waals surface area contributed by atoms with E-state index in [9.17, 15) is 22.8 Å². The summed E-state index contributed by atoms with van der Waals surface area (Å²) in [6.45, 7) is 1.40. The van der Waals surface area contributed by atoms with Crippen LogP contribution in [0.15, 0.2) is 52.4 Å². The summed E-state index contributed by atoms with van der Waals surface area (Å²) in [5.41, 5.74) is 1.54. The summed E-state index contributed by atoms with van der Waals surface area (Å²) in [5, 5.41) is 0. The Bertz CT molecular complexity index is 1380. The quantitative estimate of drug-likeness (QED) is 0.465. The molecule has 0 unspecified atom stereocenters. The van der Waals surface area contributed by atoms with Crippen molar-refractivity contribution < 1.29 is 32.3 Å². The fraction of sp³-hybridized carbons (Fsp3) is 0.273. The van der Waals surface area contributed by atoms with Crippen LogP contribution in [0.1, 0.15) is 22.8 Å². The molecule has 174 valence electrons. The summed E-state index contributed by atoms with van der Waals surface area (Å²) in [5.74, 6) is -1.51. The fourth-order valence-corrected chi connectivity index (χ4v) is 5.02. The predicted molar refractivity (Wildman–Crippen MR) is 122 cm³/mol. The zero-order chi connectivity index (χ0) is 24.2. The lowest BCUT2D eigenvalue weighted by Crippen LogP contribution is -2.22.